The molecule has 5 rings (SSSR count). The van der Waals surface area contributed by atoms with E-state index in [9.17, 15) is 4.79 Å². The molecule has 0 saturated heterocycles. The summed E-state index contributed by atoms with van der Waals surface area (Å²) >= 11 is 0. The first-order valence-corrected chi connectivity index (χ1v) is 9.94. The summed E-state index contributed by atoms with van der Waals surface area (Å²) < 4.78 is 12.5. The third-order valence-corrected chi connectivity index (χ3v) is 5.11. The number of hydrogen-bond donors (Lipinski definition) is 1. The van der Waals surface area contributed by atoms with Crippen LogP contribution in [-0.4, -0.2) is 32.7 Å². The number of esters is 1. The molecule has 0 atom stereocenters. The lowest BCUT2D eigenvalue weighted by atomic mass is 10.1. The van der Waals surface area contributed by atoms with Crippen molar-refractivity contribution in [1.29, 1.82) is 0 Å². The monoisotopic (exact) mass is 425 g/mol. The summed E-state index contributed by atoms with van der Waals surface area (Å²) in [5, 5.41) is 5.55. The van der Waals surface area contributed by atoms with Crippen molar-refractivity contribution in [3.8, 4) is 17.0 Å². The van der Waals surface area contributed by atoms with Crippen molar-refractivity contribution in [2.24, 2.45) is 0 Å². The number of nitrogen functional groups attached to an aromatic ring is 1. The number of fused-ring (bicyclic) bond motifs is 3. The normalized spacial score (nSPS) is 11.0. The number of nitrogens with two attached hydrogens (primary N) is 1. The van der Waals surface area contributed by atoms with Gasteiger partial charge in [-0.2, -0.15) is 9.50 Å². The van der Waals surface area contributed by atoms with Crippen molar-refractivity contribution in [2.75, 3.05) is 12.8 Å². The molecule has 0 fully saturated rings. The molecule has 158 valence electrons. The fourth-order valence-electron chi connectivity index (χ4n) is 3.62. The zero-order valence-corrected chi connectivity index (χ0v) is 17.2. The van der Waals surface area contributed by atoms with Gasteiger partial charge in [0, 0.05) is 22.5 Å². The van der Waals surface area contributed by atoms with Crippen LogP contribution in [0.25, 0.3) is 27.7 Å². The second-order valence-electron chi connectivity index (χ2n) is 7.13. The first-order valence-electron chi connectivity index (χ1n) is 9.94. The molecule has 0 saturated carbocycles. The summed E-state index contributed by atoms with van der Waals surface area (Å²) in [5.74, 6) is -0.271. The van der Waals surface area contributed by atoms with Crippen LogP contribution in [0.1, 0.15) is 16.1 Å². The van der Waals surface area contributed by atoms with E-state index in [1.807, 2.05) is 66.7 Å². The molecule has 2 N–H and O–H groups in total. The molecule has 0 aliphatic heterocycles. The number of ether oxygens (including phenoxy) is 2. The molecule has 0 amide bonds. The number of anilines is 1. The maximum atomic E-state index is 12.7. The van der Waals surface area contributed by atoms with Gasteiger partial charge < -0.3 is 15.2 Å². The van der Waals surface area contributed by atoms with Gasteiger partial charge >= 0.3 is 5.97 Å². The first kappa shape index (κ1) is 19.5. The Morgan fingerprint density at radius 2 is 1.75 bits per heavy atom. The predicted molar refractivity (Wildman–Crippen MR) is 120 cm³/mol. The van der Waals surface area contributed by atoms with E-state index in [4.69, 9.17) is 15.2 Å². The lowest BCUT2D eigenvalue weighted by molar-refractivity contribution is 0.0585. The standard InChI is InChI=1S/C24H19N5O3/c1-31-23(30)20-21(32-14-15-8-4-2-5-9-15)18-13-26-19(16-10-6-3-7-11-16)12-17(18)22-27-24(25)28-29(20)22/h2-13H,14H2,1H3,(H2,25,28). The number of methoxy groups -OCH3 is 1. The molecule has 2 aromatic carbocycles. The summed E-state index contributed by atoms with van der Waals surface area (Å²) in [6, 6.07) is 21.3. The van der Waals surface area contributed by atoms with E-state index >= 15 is 0 Å². The number of benzene rings is 2. The smallest absolute Gasteiger partial charge is 0.360 e. The van der Waals surface area contributed by atoms with E-state index in [1.165, 1.54) is 11.6 Å². The Hall–Kier alpha value is -4.46. The molecule has 8 heteroatoms. The maximum absolute atomic E-state index is 12.7. The third kappa shape index (κ3) is 3.37. The molecule has 32 heavy (non-hydrogen) atoms. The van der Waals surface area contributed by atoms with Crippen molar-refractivity contribution < 1.29 is 14.3 Å². The summed E-state index contributed by atoms with van der Waals surface area (Å²) in [6.45, 7) is 0.246. The van der Waals surface area contributed by atoms with Crippen LogP contribution in [0.4, 0.5) is 5.95 Å². The molecule has 0 aliphatic carbocycles. The summed E-state index contributed by atoms with van der Waals surface area (Å²) in [7, 11) is 1.30. The van der Waals surface area contributed by atoms with E-state index in [0.29, 0.717) is 22.2 Å². The average Bonchev–Trinajstić information content (AvgIpc) is 3.24. The van der Waals surface area contributed by atoms with Gasteiger partial charge in [0.15, 0.2) is 17.1 Å². The molecular weight excluding hydrogens is 406 g/mol. The molecule has 0 aliphatic rings. The fourth-order valence-corrected chi connectivity index (χ4v) is 3.62. The van der Waals surface area contributed by atoms with E-state index < -0.39 is 5.97 Å². The van der Waals surface area contributed by atoms with Crippen molar-refractivity contribution in [1.82, 2.24) is 19.6 Å². The molecule has 3 heterocycles. The number of carbonyl (C=O) groups excluding carboxylic acids is 1. The van der Waals surface area contributed by atoms with Gasteiger partial charge in [0.2, 0.25) is 5.95 Å². The minimum absolute atomic E-state index is 0.0368. The third-order valence-electron chi connectivity index (χ3n) is 5.11. The second kappa shape index (κ2) is 7.99. The van der Waals surface area contributed by atoms with Crippen LogP contribution in [0, 0.1) is 0 Å². The molecule has 0 unspecified atom stereocenters. The zero-order chi connectivity index (χ0) is 22.1. The van der Waals surface area contributed by atoms with Gasteiger partial charge in [-0.15, -0.1) is 5.10 Å². The Bertz CT molecular complexity index is 1430. The van der Waals surface area contributed by atoms with Gasteiger partial charge in [0.1, 0.15) is 6.61 Å². The quantitative estimate of drug-likeness (QED) is 0.426. The van der Waals surface area contributed by atoms with Gasteiger partial charge in [0.05, 0.1) is 12.8 Å². The molecule has 3 aromatic heterocycles. The SMILES string of the molecule is COC(=O)c1c(OCc2ccccc2)c2cnc(-c3ccccc3)cc2c2nc(N)nn12. The predicted octanol–water partition coefficient (Wildman–Crippen LogP) is 3.89. The van der Waals surface area contributed by atoms with Crippen LogP contribution in [0.15, 0.2) is 72.9 Å². The van der Waals surface area contributed by atoms with E-state index in [1.54, 1.807) is 6.20 Å². The van der Waals surface area contributed by atoms with Gasteiger partial charge in [-0.25, -0.2) is 4.79 Å². The minimum atomic E-state index is -0.614. The van der Waals surface area contributed by atoms with Crippen LogP contribution in [-0.2, 0) is 11.3 Å². The Morgan fingerprint density at radius 3 is 2.47 bits per heavy atom. The highest BCUT2D eigenvalue weighted by atomic mass is 16.5. The molecule has 0 bridgehead atoms. The lowest BCUT2D eigenvalue weighted by Crippen LogP contribution is -2.13. The Labute approximate surface area is 183 Å². The zero-order valence-electron chi connectivity index (χ0n) is 17.2. The number of pyridine rings is 2. The number of hydrogen-bond acceptors (Lipinski definition) is 7. The number of nitrogens with zero attached hydrogens (tertiary/aromatic N) is 4. The largest absolute Gasteiger partial charge is 0.486 e. The summed E-state index contributed by atoms with van der Waals surface area (Å²) in [6.07, 6.45) is 1.68. The summed E-state index contributed by atoms with van der Waals surface area (Å²) in [5.41, 5.74) is 9.07. The Balaban J connectivity index is 1.76. The van der Waals surface area contributed by atoms with E-state index in [2.05, 4.69) is 15.1 Å². The minimum Gasteiger partial charge on any atom is -0.486 e. The molecule has 0 radical (unpaired) electrons. The molecular formula is C24H19N5O3. The van der Waals surface area contributed by atoms with Crippen LogP contribution < -0.4 is 10.5 Å². The number of rotatable bonds is 5. The number of carbonyl (C=O) groups is 1. The highest BCUT2D eigenvalue weighted by Crippen LogP contribution is 2.35. The first-order chi connectivity index (χ1) is 15.7. The second-order valence-corrected chi connectivity index (χ2v) is 7.13. The molecule has 0 spiro atoms. The van der Waals surface area contributed by atoms with E-state index in [-0.39, 0.29) is 18.2 Å². The molecule has 8 nitrogen and oxygen atoms in total. The van der Waals surface area contributed by atoms with Gasteiger partial charge in [-0.05, 0) is 11.6 Å². The van der Waals surface area contributed by atoms with Gasteiger partial charge in [-0.3, -0.25) is 4.98 Å². The van der Waals surface area contributed by atoms with Crippen LogP contribution in [0.3, 0.4) is 0 Å². The van der Waals surface area contributed by atoms with E-state index in [0.717, 1.165) is 16.8 Å². The fraction of sp³-hybridized carbons (Fsp3) is 0.0833. The van der Waals surface area contributed by atoms with Crippen molar-refractivity contribution in [3.63, 3.8) is 0 Å². The average molecular weight is 425 g/mol. The summed E-state index contributed by atoms with van der Waals surface area (Å²) in [4.78, 5) is 21.7. The van der Waals surface area contributed by atoms with Crippen LogP contribution in [0.2, 0.25) is 0 Å². The number of aromatic nitrogens is 4. The van der Waals surface area contributed by atoms with Crippen LogP contribution in [0.5, 0.6) is 5.75 Å². The van der Waals surface area contributed by atoms with Crippen molar-refractivity contribution in [3.05, 3.63) is 84.2 Å². The topological polar surface area (TPSA) is 105 Å². The van der Waals surface area contributed by atoms with Crippen molar-refractivity contribution in [2.45, 2.75) is 6.61 Å². The van der Waals surface area contributed by atoms with Gasteiger partial charge in [-0.1, -0.05) is 60.7 Å². The Kier molecular flexibility index (Phi) is 4.87. The van der Waals surface area contributed by atoms with Crippen LogP contribution >= 0.6 is 0 Å². The highest BCUT2D eigenvalue weighted by Gasteiger charge is 2.25. The molecule has 5 aromatic rings. The maximum Gasteiger partial charge on any atom is 0.360 e. The Morgan fingerprint density at radius 1 is 1.03 bits per heavy atom. The van der Waals surface area contributed by atoms with Gasteiger partial charge in [0.25, 0.3) is 0 Å². The van der Waals surface area contributed by atoms with Crippen molar-refractivity contribution >= 4 is 28.3 Å². The lowest BCUT2D eigenvalue weighted by Gasteiger charge is -2.15. The highest BCUT2D eigenvalue weighted by molar-refractivity contribution is 6.06.